The first-order chi connectivity index (χ1) is 10.1. The highest BCUT2D eigenvalue weighted by Gasteiger charge is 2.17. The third-order valence-corrected chi connectivity index (χ3v) is 4.24. The van der Waals surface area contributed by atoms with Crippen LogP contribution in [0.15, 0.2) is 41.6 Å². The molecule has 0 unspecified atom stereocenters. The molecule has 1 aromatic heterocycles. The Bertz CT molecular complexity index is 652. The highest BCUT2D eigenvalue weighted by atomic mass is 35.5. The van der Waals surface area contributed by atoms with Crippen LogP contribution in [0.25, 0.3) is 0 Å². The number of halogens is 1. The summed E-state index contributed by atoms with van der Waals surface area (Å²) in [6.07, 6.45) is 1.67. The molecule has 2 aromatic rings. The van der Waals surface area contributed by atoms with Gasteiger partial charge in [-0.25, -0.2) is 4.98 Å². The number of thioether (sulfide) groups is 1. The summed E-state index contributed by atoms with van der Waals surface area (Å²) >= 11 is 7.52. The highest BCUT2D eigenvalue weighted by Crippen LogP contribution is 2.34. The Labute approximate surface area is 131 Å². The average Bonchev–Trinajstić information content (AvgIpc) is 2.47. The van der Waals surface area contributed by atoms with Gasteiger partial charge in [0, 0.05) is 24.6 Å². The van der Waals surface area contributed by atoms with Crippen LogP contribution in [-0.4, -0.2) is 16.5 Å². The van der Waals surface area contributed by atoms with Crippen LogP contribution in [0.4, 0.5) is 11.4 Å². The minimum atomic E-state index is -0.375. The zero-order chi connectivity index (χ0) is 15.2. The molecule has 0 aliphatic heterocycles. The Balaban J connectivity index is 2.25. The van der Waals surface area contributed by atoms with Crippen molar-refractivity contribution >= 4 is 34.7 Å². The topological polar surface area (TPSA) is 68.1 Å². The van der Waals surface area contributed by atoms with E-state index in [1.54, 1.807) is 24.4 Å². The van der Waals surface area contributed by atoms with Crippen LogP contribution in [0.1, 0.15) is 12.5 Å². The number of hydrogen-bond donors (Lipinski definition) is 1. The standard InChI is InChI=1S/C14H14ClN3O2S/c1-2-16-13-10(5-3-7-12(13)18(19)20)9-21-14-11(15)6-4-8-17-14/h3-8,16H,2,9H2,1H3. The fourth-order valence-electron chi connectivity index (χ4n) is 1.86. The molecule has 7 heteroatoms. The number of benzene rings is 1. The van der Waals surface area contributed by atoms with E-state index in [1.807, 2.05) is 13.0 Å². The monoisotopic (exact) mass is 323 g/mol. The lowest BCUT2D eigenvalue weighted by molar-refractivity contribution is -0.384. The van der Waals surface area contributed by atoms with Crippen LogP contribution >= 0.6 is 23.4 Å². The van der Waals surface area contributed by atoms with Gasteiger partial charge in [-0.2, -0.15) is 0 Å². The molecular weight excluding hydrogens is 310 g/mol. The van der Waals surface area contributed by atoms with Gasteiger partial charge in [0.05, 0.1) is 9.95 Å². The van der Waals surface area contributed by atoms with Crippen molar-refractivity contribution < 1.29 is 4.92 Å². The predicted molar refractivity (Wildman–Crippen MR) is 86.1 cm³/mol. The van der Waals surface area contributed by atoms with Crippen molar-refractivity contribution in [1.82, 2.24) is 4.98 Å². The van der Waals surface area contributed by atoms with Crippen molar-refractivity contribution in [2.75, 3.05) is 11.9 Å². The van der Waals surface area contributed by atoms with Gasteiger partial charge in [-0.15, -0.1) is 11.8 Å². The third kappa shape index (κ3) is 3.86. The van der Waals surface area contributed by atoms with Crippen LogP contribution in [0.5, 0.6) is 0 Å². The molecule has 21 heavy (non-hydrogen) atoms. The second kappa shape index (κ2) is 7.28. The maximum Gasteiger partial charge on any atom is 0.292 e. The summed E-state index contributed by atoms with van der Waals surface area (Å²) in [5.74, 6) is 0.556. The molecule has 0 saturated heterocycles. The smallest absolute Gasteiger partial charge is 0.292 e. The first kappa shape index (κ1) is 15.6. The first-order valence-electron chi connectivity index (χ1n) is 6.37. The molecule has 1 aromatic carbocycles. The zero-order valence-corrected chi connectivity index (χ0v) is 12.9. The Morgan fingerprint density at radius 3 is 2.86 bits per heavy atom. The number of nitrogens with zero attached hydrogens (tertiary/aromatic N) is 2. The van der Waals surface area contributed by atoms with E-state index in [1.165, 1.54) is 17.8 Å². The first-order valence-corrected chi connectivity index (χ1v) is 7.73. The molecule has 0 amide bonds. The lowest BCUT2D eigenvalue weighted by Gasteiger charge is -2.11. The number of hydrogen-bond acceptors (Lipinski definition) is 5. The minimum Gasteiger partial charge on any atom is -0.380 e. The van der Waals surface area contributed by atoms with E-state index >= 15 is 0 Å². The summed E-state index contributed by atoms with van der Waals surface area (Å²) in [6.45, 7) is 2.52. The summed E-state index contributed by atoms with van der Waals surface area (Å²) in [6, 6.07) is 8.60. The number of anilines is 1. The Morgan fingerprint density at radius 1 is 1.38 bits per heavy atom. The molecule has 1 N–H and O–H groups in total. The van der Waals surface area contributed by atoms with Crippen LogP contribution in [0.3, 0.4) is 0 Å². The minimum absolute atomic E-state index is 0.0852. The SMILES string of the molecule is CCNc1c(CSc2ncccc2Cl)cccc1[N+](=O)[O-]. The number of rotatable bonds is 6. The number of pyridine rings is 1. The molecule has 1 heterocycles. The third-order valence-electron chi connectivity index (χ3n) is 2.77. The summed E-state index contributed by atoms with van der Waals surface area (Å²) < 4.78 is 0. The molecule has 5 nitrogen and oxygen atoms in total. The predicted octanol–water partition coefficient (Wildman–Crippen LogP) is 4.37. The fraction of sp³-hybridized carbons (Fsp3) is 0.214. The van der Waals surface area contributed by atoms with Gasteiger partial charge in [0.25, 0.3) is 5.69 Å². The molecule has 0 fully saturated rings. The van der Waals surface area contributed by atoms with Crippen LogP contribution < -0.4 is 5.32 Å². The van der Waals surface area contributed by atoms with E-state index in [0.29, 0.717) is 28.0 Å². The van der Waals surface area contributed by atoms with E-state index < -0.39 is 0 Å². The van der Waals surface area contributed by atoms with Crippen LogP contribution in [-0.2, 0) is 5.75 Å². The Hall–Kier alpha value is -1.79. The molecule has 0 bridgehead atoms. The summed E-state index contributed by atoms with van der Waals surface area (Å²) in [4.78, 5) is 14.9. The molecule has 0 aliphatic rings. The quantitative estimate of drug-likeness (QED) is 0.486. The summed E-state index contributed by atoms with van der Waals surface area (Å²) in [7, 11) is 0. The van der Waals surface area contributed by atoms with E-state index in [4.69, 9.17) is 11.6 Å². The zero-order valence-electron chi connectivity index (χ0n) is 11.4. The number of nitro groups is 1. The van der Waals surface area contributed by atoms with Gasteiger partial charge in [-0.05, 0) is 24.6 Å². The van der Waals surface area contributed by atoms with Gasteiger partial charge in [-0.3, -0.25) is 10.1 Å². The maximum atomic E-state index is 11.1. The van der Waals surface area contributed by atoms with Gasteiger partial charge in [0.15, 0.2) is 0 Å². The van der Waals surface area contributed by atoms with Crippen molar-refractivity contribution in [3.05, 3.63) is 57.2 Å². The van der Waals surface area contributed by atoms with Gasteiger partial charge >= 0.3 is 0 Å². The molecule has 0 atom stereocenters. The number of para-hydroxylation sites is 1. The molecule has 2 rings (SSSR count). The molecule has 110 valence electrons. The lowest BCUT2D eigenvalue weighted by atomic mass is 10.1. The normalized spacial score (nSPS) is 10.4. The van der Waals surface area contributed by atoms with Crippen molar-refractivity contribution in [2.45, 2.75) is 17.7 Å². The van der Waals surface area contributed by atoms with Crippen LogP contribution in [0.2, 0.25) is 5.02 Å². The number of aromatic nitrogens is 1. The second-order valence-electron chi connectivity index (χ2n) is 4.18. The van der Waals surface area contributed by atoms with E-state index in [2.05, 4.69) is 10.3 Å². The Kier molecular flexibility index (Phi) is 5.41. The highest BCUT2D eigenvalue weighted by molar-refractivity contribution is 7.98. The Morgan fingerprint density at radius 2 is 2.19 bits per heavy atom. The molecule has 0 aliphatic carbocycles. The van der Waals surface area contributed by atoms with Gasteiger partial charge in [0.2, 0.25) is 0 Å². The maximum absolute atomic E-state index is 11.1. The number of nitro benzene ring substituents is 1. The largest absolute Gasteiger partial charge is 0.380 e. The van der Waals surface area contributed by atoms with Crippen molar-refractivity contribution in [2.24, 2.45) is 0 Å². The van der Waals surface area contributed by atoms with E-state index in [0.717, 1.165) is 5.56 Å². The van der Waals surface area contributed by atoms with Gasteiger partial charge in [0.1, 0.15) is 10.7 Å². The van der Waals surface area contributed by atoms with Gasteiger partial charge < -0.3 is 5.32 Å². The van der Waals surface area contributed by atoms with Gasteiger partial charge in [-0.1, -0.05) is 23.7 Å². The second-order valence-corrected chi connectivity index (χ2v) is 5.55. The van der Waals surface area contributed by atoms with Crippen molar-refractivity contribution in [3.8, 4) is 0 Å². The van der Waals surface area contributed by atoms with Crippen molar-refractivity contribution in [1.29, 1.82) is 0 Å². The van der Waals surface area contributed by atoms with E-state index in [9.17, 15) is 10.1 Å². The molecule has 0 radical (unpaired) electrons. The fourth-order valence-corrected chi connectivity index (χ4v) is 3.02. The van der Waals surface area contributed by atoms with Crippen molar-refractivity contribution in [3.63, 3.8) is 0 Å². The summed E-state index contributed by atoms with van der Waals surface area (Å²) in [5, 5.41) is 15.5. The lowest BCUT2D eigenvalue weighted by Crippen LogP contribution is -2.04. The average molecular weight is 324 g/mol. The molecule has 0 spiro atoms. The summed E-state index contributed by atoms with van der Waals surface area (Å²) in [5.41, 5.74) is 1.50. The number of nitrogens with one attached hydrogen (secondary N) is 1. The van der Waals surface area contributed by atoms with E-state index in [-0.39, 0.29) is 10.6 Å². The molecule has 0 saturated carbocycles. The molecular formula is C14H14ClN3O2S. The van der Waals surface area contributed by atoms with Crippen LogP contribution in [0, 0.1) is 10.1 Å².